The van der Waals surface area contributed by atoms with E-state index >= 15 is 0 Å². The Kier molecular flexibility index (Phi) is 5.33. The van der Waals surface area contributed by atoms with Crippen molar-refractivity contribution in [1.29, 1.82) is 0 Å². The van der Waals surface area contributed by atoms with Gasteiger partial charge >= 0.3 is 0 Å². The average molecular weight is 370 g/mol. The third kappa shape index (κ3) is 3.88. The summed E-state index contributed by atoms with van der Waals surface area (Å²) >= 11 is 0. The summed E-state index contributed by atoms with van der Waals surface area (Å²) in [6.45, 7) is 0.620. The molecule has 0 aliphatic carbocycles. The maximum Gasteiger partial charge on any atom is 0.256 e. The Labute approximate surface area is 164 Å². The largest absolute Gasteiger partial charge is 0.352 e. The molecule has 1 amide bonds. The minimum absolute atomic E-state index is 0.112. The van der Waals surface area contributed by atoms with Crippen LogP contribution in [0.4, 0.5) is 0 Å². The molecule has 0 radical (unpaired) electrons. The molecule has 140 valence electrons. The number of amides is 1. The topological polar surface area (TPSA) is 51.9 Å². The third-order valence-corrected chi connectivity index (χ3v) is 4.61. The lowest BCUT2D eigenvalue weighted by Gasteiger charge is -2.11. The molecule has 0 atom stereocenters. The second-order valence-electron chi connectivity index (χ2n) is 6.56. The molecular weight excluding hydrogens is 348 g/mol. The number of carbonyl (C=O) groups excluding carboxylic acids is 1. The van der Waals surface area contributed by atoms with E-state index in [1.165, 1.54) is 5.56 Å². The molecule has 0 saturated carbocycles. The van der Waals surface area contributed by atoms with Crippen molar-refractivity contribution in [3.63, 3.8) is 0 Å². The molecular formula is C23H22N4O. The molecule has 4 rings (SSSR count). The fraction of sp³-hybridized carbons (Fsp3) is 0.130. The molecule has 0 unspecified atom stereocenters. The fourth-order valence-electron chi connectivity index (χ4n) is 3.22. The molecule has 28 heavy (non-hydrogen) atoms. The number of para-hydroxylation sites is 1. The van der Waals surface area contributed by atoms with Gasteiger partial charge in [-0.3, -0.25) is 4.79 Å². The highest BCUT2D eigenvalue weighted by Crippen LogP contribution is 2.19. The Balaban J connectivity index is 1.51. The van der Waals surface area contributed by atoms with Gasteiger partial charge in [0.05, 0.1) is 11.9 Å². The van der Waals surface area contributed by atoms with Crippen molar-refractivity contribution in [2.24, 2.45) is 0 Å². The van der Waals surface area contributed by atoms with Crippen molar-refractivity contribution < 1.29 is 4.79 Å². The quantitative estimate of drug-likeness (QED) is 0.500. The van der Waals surface area contributed by atoms with Gasteiger partial charge in [-0.1, -0.05) is 48.5 Å². The molecule has 2 heterocycles. The molecule has 0 fully saturated rings. The number of aromatic nitrogens is 3. The number of nitrogens with zero attached hydrogens (tertiary/aromatic N) is 3. The first-order valence-corrected chi connectivity index (χ1v) is 9.42. The van der Waals surface area contributed by atoms with E-state index in [1.54, 1.807) is 10.9 Å². The van der Waals surface area contributed by atoms with Crippen LogP contribution in [0.2, 0.25) is 0 Å². The number of hydrogen-bond acceptors (Lipinski definition) is 2. The summed E-state index contributed by atoms with van der Waals surface area (Å²) in [5, 5.41) is 7.51. The summed E-state index contributed by atoms with van der Waals surface area (Å²) in [6.07, 6.45) is 7.30. The van der Waals surface area contributed by atoms with Gasteiger partial charge in [0.25, 0.3) is 5.91 Å². The van der Waals surface area contributed by atoms with Gasteiger partial charge in [0.2, 0.25) is 0 Å². The molecule has 0 saturated heterocycles. The molecule has 0 aliphatic heterocycles. The summed E-state index contributed by atoms with van der Waals surface area (Å²) < 4.78 is 3.71. The smallest absolute Gasteiger partial charge is 0.256 e. The number of hydrogen-bond donors (Lipinski definition) is 1. The molecule has 2 aromatic heterocycles. The SMILES string of the molecule is O=C(NCCCc1ccccc1)c1cnn(-c2ccccc2)c1-n1cccc1. The van der Waals surface area contributed by atoms with Crippen LogP contribution in [-0.2, 0) is 6.42 Å². The highest BCUT2D eigenvalue weighted by Gasteiger charge is 2.19. The van der Waals surface area contributed by atoms with E-state index in [0.29, 0.717) is 12.1 Å². The van der Waals surface area contributed by atoms with Crippen LogP contribution in [-0.4, -0.2) is 26.8 Å². The highest BCUT2D eigenvalue weighted by molar-refractivity contribution is 5.97. The first kappa shape index (κ1) is 17.8. The first-order chi connectivity index (χ1) is 13.8. The zero-order chi connectivity index (χ0) is 19.2. The third-order valence-electron chi connectivity index (χ3n) is 4.61. The first-order valence-electron chi connectivity index (χ1n) is 9.42. The van der Waals surface area contributed by atoms with Crippen molar-refractivity contribution >= 4 is 5.91 Å². The molecule has 1 N–H and O–H groups in total. The Morgan fingerprint density at radius 3 is 2.29 bits per heavy atom. The lowest BCUT2D eigenvalue weighted by molar-refractivity contribution is 0.0953. The molecule has 4 aromatic rings. The van der Waals surface area contributed by atoms with E-state index in [2.05, 4.69) is 22.5 Å². The molecule has 0 aliphatic rings. The van der Waals surface area contributed by atoms with E-state index in [0.717, 1.165) is 24.3 Å². The molecule has 0 bridgehead atoms. The van der Waals surface area contributed by atoms with Crippen molar-refractivity contribution in [2.45, 2.75) is 12.8 Å². The summed E-state index contributed by atoms with van der Waals surface area (Å²) in [5.41, 5.74) is 2.75. The van der Waals surface area contributed by atoms with Gasteiger partial charge in [-0.2, -0.15) is 5.10 Å². The van der Waals surface area contributed by atoms with E-state index in [-0.39, 0.29) is 5.91 Å². The monoisotopic (exact) mass is 370 g/mol. The van der Waals surface area contributed by atoms with Gasteiger partial charge in [-0.25, -0.2) is 4.68 Å². The van der Waals surface area contributed by atoms with Crippen LogP contribution in [0.15, 0.2) is 91.4 Å². The zero-order valence-electron chi connectivity index (χ0n) is 15.5. The Bertz CT molecular complexity index is 1020. The summed E-state index contributed by atoms with van der Waals surface area (Å²) in [7, 11) is 0. The van der Waals surface area contributed by atoms with Crippen LogP contribution >= 0.6 is 0 Å². The van der Waals surface area contributed by atoms with Crippen LogP contribution in [0.25, 0.3) is 11.5 Å². The predicted molar refractivity (Wildman–Crippen MR) is 110 cm³/mol. The zero-order valence-corrected chi connectivity index (χ0v) is 15.5. The minimum atomic E-state index is -0.112. The highest BCUT2D eigenvalue weighted by atomic mass is 16.1. The maximum atomic E-state index is 12.8. The van der Waals surface area contributed by atoms with Crippen LogP contribution < -0.4 is 5.32 Å². The van der Waals surface area contributed by atoms with Crippen LogP contribution in [0, 0.1) is 0 Å². The summed E-state index contributed by atoms with van der Waals surface area (Å²) in [6, 6.07) is 24.0. The predicted octanol–water partition coefficient (Wildman–Crippen LogP) is 4.03. The number of aryl methyl sites for hydroxylation is 1. The molecule has 5 nitrogen and oxygen atoms in total. The molecule has 2 aromatic carbocycles. The Morgan fingerprint density at radius 1 is 0.893 bits per heavy atom. The van der Waals surface area contributed by atoms with Gasteiger partial charge in [-0.05, 0) is 42.7 Å². The summed E-state index contributed by atoms with van der Waals surface area (Å²) in [5.74, 6) is 0.621. The Morgan fingerprint density at radius 2 is 1.57 bits per heavy atom. The van der Waals surface area contributed by atoms with E-state index < -0.39 is 0 Å². The average Bonchev–Trinajstić information content (AvgIpc) is 3.42. The van der Waals surface area contributed by atoms with Gasteiger partial charge in [-0.15, -0.1) is 0 Å². The van der Waals surface area contributed by atoms with Gasteiger partial charge in [0.15, 0.2) is 5.82 Å². The van der Waals surface area contributed by atoms with Gasteiger partial charge < -0.3 is 9.88 Å². The van der Waals surface area contributed by atoms with Crippen molar-refractivity contribution in [3.05, 3.63) is 103 Å². The van der Waals surface area contributed by atoms with Gasteiger partial charge in [0.1, 0.15) is 5.56 Å². The number of rotatable bonds is 7. The van der Waals surface area contributed by atoms with E-state index in [4.69, 9.17) is 0 Å². The maximum absolute atomic E-state index is 12.8. The van der Waals surface area contributed by atoms with Gasteiger partial charge in [0, 0.05) is 18.9 Å². The molecule has 0 spiro atoms. The summed E-state index contributed by atoms with van der Waals surface area (Å²) in [4.78, 5) is 12.8. The fourth-order valence-corrected chi connectivity index (χ4v) is 3.22. The normalized spacial score (nSPS) is 10.7. The van der Waals surface area contributed by atoms with E-state index in [9.17, 15) is 4.79 Å². The van der Waals surface area contributed by atoms with Crippen molar-refractivity contribution in [2.75, 3.05) is 6.54 Å². The number of carbonyl (C=O) groups is 1. The van der Waals surface area contributed by atoms with Crippen LogP contribution in [0.1, 0.15) is 22.3 Å². The number of benzene rings is 2. The lowest BCUT2D eigenvalue weighted by atomic mass is 10.1. The van der Waals surface area contributed by atoms with Crippen molar-refractivity contribution in [3.8, 4) is 11.5 Å². The molecule has 5 heteroatoms. The Hall–Kier alpha value is -3.60. The number of nitrogens with one attached hydrogen (secondary N) is 1. The second-order valence-corrected chi connectivity index (χ2v) is 6.56. The van der Waals surface area contributed by atoms with E-state index in [1.807, 2.05) is 77.6 Å². The lowest BCUT2D eigenvalue weighted by Crippen LogP contribution is -2.25. The van der Waals surface area contributed by atoms with Crippen LogP contribution in [0.5, 0.6) is 0 Å². The van der Waals surface area contributed by atoms with Crippen LogP contribution in [0.3, 0.4) is 0 Å². The van der Waals surface area contributed by atoms with Crippen molar-refractivity contribution in [1.82, 2.24) is 19.7 Å². The standard InChI is InChI=1S/C23H22N4O/c28-22(24-15-9-12-19-10-3-1-4-11-19)21-18-25-27(20-13-5-2-6-14-20)23(21)26-16-7-8-17-26/h1-8,10-11,13-14,16-18H,9,12,15H2,(H,24,28). The second kappa shape index (κ2) is 8.39. The minimum Gasteiger partial charge on any atom is -0.352 e.